The average Bonchev–Trinajstić information content (AvgIpc) is 2.62. The Labute approximate surface area is 145 Å². The first kappa shape index (κ1) is 17.0. The Bertz CT molecular complexity index is 747. The number of benzene rings is 1. The van der Waals surface area contributed by atoms with Crippen molar-refractivity contribution >= 4 is 24.1 Å². The zero-order valence-corrected chi connectivity index (χ0v) is 14.2. The van der Waals surface area contributed by atoms with Crippen molar-refractivity contribution < 1.29 is 9.13 Å². The highest BCUT2D eigenvalue weighted by Crippen LogP contribution is 2.16. The van der Waals surface area contributed by atoms with Gasteiger partial charge >= 0.3 is 0 Å². The molecule has 0 spiro atoms. The smallest absolute Gasteiger partial charge is 0.250 e. The Kier molecular flexibility index (Phi) is 5.34. The van der Waals surface area contributed by atoms with Gasteiger partial charge in [0.05, 0.1) is 19.4 Å². The van der Waals surface area contributed by atoms with Crippen LogP contribution in [0.5, 0.6) is 0 Å². The summed E-state index contributed by atoms with van der Waals surface area (Å²) in [6.07, 6.45) is 1.51. The minimum Gasteiger partial charge on any atom is -0.378 e. The summed E-state index contributed by atoms with van der Waals surface area (Å²) in [7, 11) is 3.72. The van der Waals surface area contributed by atoms with Gasteiger partial charge in [-0.1, -0.05) is 12.1 Å². The first-order valence-corrected chi connectivity index (χ1v) is 7.92. The summed E-state index contributed by atoms with van der Waals surface area (Å²) >= 11 is 0. The van der Waals surface area contributed by atoms with E-state index in [-0.39, 0.29) is 5.82 Å². The summed E-state index contributed by atoms with van der Waals surface area (Å²) in [5.74, 6) is 1.12. The third kappa shape index (κ3) is 4.60. The van der Waals surface area contributed by atoms with E-state index in [0.717, 1.165) is 13.1 Å². The van der Waals surface area contributed by atoms with Gasteiger partial charge in [0.1, 0.15) is 5.82 Å². The Morgan fingerprint density at radius 1 is 1.24 bits per heavy atom. The maximum Gasteiger partial charge on any atom is 0.250 e. The fourth-order valence-corrected chi connectivity index (χ4v) is 2.26. The second-order valence-corrected chi connectivity index (χ2v) is 5.68. The van der Waals surface area contributed by atoms with Crippen LogP contribution in [0.25, 0.3) is 0 Å². The molecular weight excluding hydrogens is 325 g/mol. The quantitative estimate of drug-likeness (QED) is 0.647. The number of anilines is 3. The van der Waals surface area contributed by atoms with E-state index in [9.17, 15) is 4.39 Å². The Hall–Kier alpha value is -2.81. The zero-order chi connectivity index (χ0) is 17.6. The molecule has 0 aliphatic carbocycles. The SMILES string of the molecule is CN(C)c1nc(N/N=C\c2cccc(F)c2)nc(N2CCOCC2)n1. The van der Waals surface area contributed by atoms with Gasteiger partial charge in [-0.15, -0.1) is 0 Å². The molecule has 0 unspecified atom stereocenters. The van der Waals surface area contributed by atoms with Crippen molar-refractivity contribution in [2.45, 2.75) is 0 Å². The van der Waals surface area contributed by atoms with Crippen molar-refractivity contribution in [3.8, 4) is 0 Å². The topological polar surface area (TPSA) is 78.8 Å². The molecule has 0 amide bonds. The summed E-state index contributed by atoms with van der Waals surface area (Å²) in [5.41, 5.74) is 3.43. The largest absolute Gasteiger partial charge is 0.378 e. The molecule has 8 nitrogen and oxygen atoms in total. The van der Waals surface area contributed by atoms with Crippen LogP contribution in [0.1, 0.15) is 5.56 Å². The lowest BCUT2D eigenvalue weighted by molar-refractivity contribution is 0.122. The number of halogens is 1. The number of nitrogens with zero attached hydrogens (tertiary/aromatic N) is 6. The van der Waals surface area contributed by atoms with E-state index < -0.39 is 0 Å². The van der Waals surface area contributed by atoms with E-state index in [1.54, 1.807) is 17.0 Å². The minimum atomic E-state index is -0.311. The molecule has 132 valence electrons. The number of nitrogens with one attached hydrogen (secondary N) is 1. The van der Waals surface area contributed by atoms with Crippen LogP contribution in [0.15, 0.2) is 29.4 Å². The second-order valence-electron chi connectivity index (χ2n) is 5.68. The van der Waals surface area contributed by atoms with Gasteiger partial charge in [-0.05, 0) is 17.7 Å². The van der Waals surface area contributed by atoms with Crippen LogP contribution in [-0.4, -0.2) is 61.6 Å². The maximum absolute atomic E-state index is 13.2. The van der Waals surface area contributed by atoms with E-state index in [1.807, 2.05) is 19.0 Å². The maximum atomic E-state index is 13.2. The molecule has 9 heteroatoms. The Morgan fingerprint density at radius 3 is 2.76 bits per heavy atom. The van der Waals surface area contributed by atoms with Gasteiger partial charge in [-0.25, -0.2) is 9.82 Å². The standard InChI is InChI=1S/C16H20FN7O/c1-23(2)15-19-14(20-16(21-15)24-6-8-25-9-7-24)22-18-11-12-4-3-5-13(17)10-12/h3-5,10-11H,6-9H2,1-2H3,(H,19,20,21,22)/b18-11-. The van der Waals surface area contributed by atoms with E-state index in [0.29, 0.717) is 36.6 Å². The average molecular weight is 345 g/mol. The van der Waals surface area contributed by atoms with E-state index >= 15 is 0 Å². The first-order valence-electron chi connectivity index (χ1n) is 7.92. The molecule has 0 atom stereocenters. The Morgan fingerprint density at radius 2 is 2.04 bits per heavy atom. The fraction of sp³-hybridized carbons (Fsp3) is 0.375. The number of aromatic nitrogens is 3. The third-order valence-electron chi connectivity index (χ3n) is 3.53. The number of ether oxygens (including phenoxy) is 1. The molecule has 3 rings (SSSR count). The van der Waals surface area contributed by atoms with E-state index in [4.69, 9.17) is 4.74 Å². The summed E-state index contributed by atoms with van der Waals surface area (Å²) in [4.78, 5) is 17.0. The van der Waals surface area contributed by atoms with Crippen LogP contribution in [0.2, 0.25) is 0 Å². The van der Waals surface area contributed by atoms with Gasteiger partial charge < -0.3 is 14.5 Å². The second kappa shape index (κ2) is 7.84. The van der Waals surface area contributed by atoms with Crippen LogP contribution in [0.4, 0.5) is 22.2 Å². The summed E-state index contributed by atoms with van der Waals surface area (Å²) < 4.78 is 18.5. The summed E-state index contributed by atoms with van der Waals surface area (Å²) in [5, 5.41) is 4.08. The molecule has 0 radical (unpaired) electrons. The van der Waals surface area contributed by atoms with Crippen molar-refractivity contribution in [1.29, 1.82) is 0 Å². The summed E-state index contributed by atoms with van der Waals surface area (Å²) in [6, 6.07) is 6.16. The van der Waals surface area contributed by atoms with Crippen LogP contribution in [0.3, 0.4) is 0 Å². The number of hydrazone groups is 1. The van der Waals surface area contributed by atoms with Crippen molar-refractivity contribution in [2.75, 3.05) is 55.6 Å². The molecule has 0 bridgehead atoms. The molecule has 0 saturated carbocycles. The van der Waals surface area contributed by atoms with Crippen molar-refractivity contribution in [2.24, 2.45) is 5.10 Å². The number of rotatable bonds is 5. The van der Waals surface area contributed by atoms with Gasteiger partial charge in [0, 0.05) is 27.2 Å². The molecule has 1 N–H and O–H groups in total. The molecule has 1 aliphatic rings. The number of hydrogen-bond donors (Lipinski definition) is 1. The van der Waals surface area contributed by atoms with Crippen molar-refractivity contribution in [3.05, 3.63) is 35.6 Å². The van der Waals surface area contributed by atoms with Crippen LogP contribution >= 0.6 is 0 Å². The van der Waals surface area contributed by atoms with Gasteiger partial charge in [0.15, 0.2) is 0 Å². The van der Waals surface area contributed by atoms with E-state index in [2.05, 4.69) is 25.5 Å². The predicted octanol–water partition coefficient (Wildman–Crippen LogP) is 1.36. The van der Waals surface area contributed by atoms with Crippen molar-refractivity contribution in [3.63, 3.8) is 0 Å². The number of hydrogen-bond acceptors (Lipinski definition) is 8. The van der Waals surface area contributed by atoms with Gasteiger partial charge in [-0.2, -0.15) is 20.1 Å². The molecule has 25 heavy (non-hydrogen) atoms. The van der Waals surface area contributed by atoms with Gasteiger partial charge in [-0.3, -0.25) is 0 Å². The zero-order valence-electron chi connectivity index (χ0n) is 14.2. The molecule has 1 fully saturated rings. The molecule has 2 aromatic rings. The fourth-order valence-electron chi connectivity index (χ4n) is 2.26. The molecule has 1 aliphatic heterocycles. The highest BCUT2D eigenvalue weighted by Gasteiger charge is 2.17. The van der Waals surface area contributed by atoms with Crippen LogP contribution in [-0.2, 0) is 4.74 Å². The monoisotopic (exact) mass is 345 g/mol. The lowest BCUT2D eigenvalue weighted by atomic mass is 10.2. The molecule has 1 saturated heterocycles. The molecule has 1 aromatic carbocycles. The highest BCUT2D eigenvalue weighted by atomic mass is 19.1. The van der Waals surface area contributed by atoms with Gasteiger partial charge in [0.25, 0.3) is 0 Å². The third-order valence-corrected chi connectivity index (χ3v) is 3.53. The molecular formula is C16H20FN7O. The number of morpholine rings is 1. The lowest BCUT2D eigenvalue weighted by Crippen LogP contribution is -2.37. The van der Waals surface area contributed by atoms with Crippen molar-refractivity contribution in [1.82, 2.24) is 15.0 Å². The lowest BCUT2D eigenvalue weighted by Gasteiger charge is -2.27. The predicted molar refractivity (Wildman–Crippen MR) is 94.8 cm³/mol. The normalized spacial score (nSPS) is 14.8. The molecule has 2 heterocycles. The Balaban J connectivity index is 1.78. The van der Waals surface area contributed by atoms with Gasteiger partial charge in [0.2, 0.25) is 17.8 Å². The minimum absolute atomic E-state index is 0.311. The van der Waals surface area contributed by atoms with Crippen LogP contribution in [0, 0.1) is 5.82 Å². The first-order chi connectivity index (χ1) is 12.1. The van der Waals surface area contributed by atoms with E-state index in [1.165, 1.54) is 18.3 Å². The van der Waals surface area contributed by atoms with Crippen LogP contribution < -0.4 is 15.2 Å². The summed E-state index contributed by atoms with van der Waals surface area (Å²) in [6.45, 7) is 2.73. The molecule has 1 aromatic heterocycles. The highest BCUT2D eigenvalue weighted by molar-refractivity contribution is 5.79.